The molecule has 3 nitrogen and oxygen atoms in total. The third-order valence-electron chi connectivity index (χ3n) is 4.51. The second-order valence-electron chi connectivity index (χ2n) is 5.44. The van der Waals surface area contributed by atoms with Crippen LogP contribution < -0.4 is 11.1 Å². The number of carbonyl (C=O) groups excluding carboxylic acids is 1. The van der Waals surface area contributed by atoms with Crippen LogP contribution in [0.25, 0.3) is 0 Å². The maximum Gasteiger partial charge on any atom is 0.252 e. The fraction of sp³-hybridized carbons (Fsp3) is 0.562. The van der Waals surface area contributed by atoms with E-state index >= 15 is 0 Å². The van der Waals surface area contributed by atoms with E-state index in [0.29, 0.717) is 6.54 Å². The lowest BCUT2D eigenvalue weighted by Crippen LogP contribution is -2.53. The van der Waals surface area contributed by atoms with E-state index in [1.165, 1.54) is 11.1 Å². The second-order valence-corrected chi connectivity index (χ2v) is 5.44. The maximum atomic E-state index is 12.5. The number of nitrogens with two attached hydrogens (primary N) is 1. The minimum absolute atomic E-state index is 0.0351. The van der Waals surface area contributed by atoms with E-state index in [2.05, 4.69) is 25.2 Å². The molecule has 0 aromatic heterocycles. The minimum atomic E-state index is -0.265. The molecule has 2 rings (SSSR count). The van der Waals surface area contributed by atoms with Crippen LogP contribution in [0.2, 0.25) is 0 Å². The van der Waals surface area contributed by atoms with E-state index in [-0.39, 0.29) is 11.4 Å². The van der Waals surface area contributed by atoms with Gasteiger partial charge in [0.2, 0.25) is 0 Å². The molecule has 0 fully saturated rings. The van der Waals surface area contributed by atoms with Gasteiger partial charge in [-0.1, -0.05) is 26.0 Å². The zero-order chi connectivity index (χ0) is 13.9. The Hall–Kier alpha value is -1.35. The minimum Gasteiger partial charge on any atom is -0.345 e. The number of hydrogen-bond acceptors (Lipinski definition) is 2. The molecule has 0 saturated carbocycles. The van der Waals surface area contributed by atoms with Gasteiger partial charge in [0, 0.05) is 12.1 Å². The molecule has 0 atom stereocenters. The molecule has 1 aliphatic carbocycles. The van der Waals surface area contributed by atoms with Crippen LogP contribution in [0.15, 0.2) is 18.2 Å². The molecule has 3 N–H and O–H groups in total. The van der Waals surface area contributed by atoms with Gasteiger partial charge in [0.25, 0.3) is 5.91 Å². The highest BCUT2D eigenvalue weighted by Gasteiger charge is 2.28. The first-order valence-corrected chi connectivity index (χ1v) is 7.29. The van der Waals surface area contributed by atoms with Crippen molar-refractivity contribution in [1.82, 2.24) is 5.32 Å². The van der Waals surface area contributed by atoms with Gasteiger partial charge in [0.05, 0.1) is 5.54 Å². The van der Waals surface area contributed by atoms with Gasteiger partial charge >= 0.3 is 0 Å². The first-order chi connectivity index (χ1) is 9.15. The first-order valence-electron chi connectivity index (χ1n) is 7.29. The van der Waals surface area contributed by atoms with E-state index in [0.717, 1.165) is 37.7 Å². The van der Waals surface area contributed by atoms with E-state index in [1.54, 1.807) is 0 Å². The number of hydrogen-bond donors (Lipinski definition) is 2. The lowest BCUT2D eigenvalue weighted by Gasteiger charge is -2.31. The Morgan fingerprint density at radius 1 is 1.32 bits per heavy atom. The molecule has 1 amide bonds. The number of carbonyl (C=O) groups is 1. The quantitative estimate of drug-likeness (QED) is 0.854. The third kappa shape index (κ3) is 2.66. The summed E-state index contributed by atoms with van der Waals surface area (Å²) in [6.45, 7) is 4.64. The number of fused-ring (bicyclic) bond motifs is 1. The smallest absolute Gasteiger partial charge is 0.252 e. The highest BCUT2D eigenvalue weighted by atomic mass is 16.1. The van der Waals surface area contributed by atoms with E-state index < -0.39 is 0 Å². The molecule has 0 unspecified atom stereocenters. The summed E-state index contributed by atoms with van der Waals surface area (Å²) in [5.41, 5.74) is 9.00. The zero-order valence-electron chi connectivity index (χ0n) is 12.0. The molecule has 0 heterocycles. The Labute approximate surface area is 115 Å². The summed E-state index contributed by atoms with van der Waals surface area (Å²) in [5, 5.41) is 3.16. The number of aryl methyl sites for hydroxylation is 1. The normalized spacial score (nSPS) is 14.3. The zero-order valence-corrected chi connectivity index (χ0v) is 12.0. The van der Waals surface area contributed by atoms with Crippen LogP contribution in [-0.4, -0.2) is 18.0 Å². The van der Waals surface area contributed by atoms with Crippen LogP contribution >= 0.6 is 0 Å². The fourth-order valence-electron chi connectivity index (χ4n) is 2.91. The Balaban J connectivity index is 2.23. The molecule has 1 aromatic rings. The Kier molecular flexibility index (Phi) is 4.25. The van der Waals surface area contributed by atoms with Crippen molar-refractivity contribution in [1.29, 1.82) is 0 Å². The maximum absolute atomic E-state index is 12.5. The lowest BCUT2D eigenvalue weighted by atomic mass is 9.92. The highest BCUT2D eigenvalue weighted by molar-refractivity contribution is 5.96. The van der Waals surface area contributed by atoms with Crippen LogP contribution in [0, 0.1) is 0 Å². The van der Waals surface area contributed by atoms with Crippen molar-refractivity contribution in [3.63, 3.8) is 0 Å². The Morgan fingerprint density at radius 3 is 2.68 bits per heavy atom. The van der Waals surface area contributed by atoms with Crippen molar-refractivity contribution in [3.8, 4) is 0 Å². The molecule has 0 saturated heterocycles. The standard InChI is InChI=1S/C16H24N2O/c1-3-16(4-2,11-17)18-15(19)14-10-6-8-12-7-5-9-13(12)14/h6,8,10H,3-5,7,9,11,17H2,1-2H3,(H,18,19). The number of amides is 1. The third-order valence-corrected chi connectivity index (χ3v) is 4.51. The molecule has 19 heavy (non-hydrogen) atoms. The summed E-state index contributed by atoms with van der Waals surface area (Å²) >= 11 is 0. The topological polar surface area (TPSA) is 55.1 Å². The van der Waals surface area contributed by atoms with Crippen molar-refractivity contribution >= 4 is 5.91 Å². The molecular weight excluding hydrogens is 236 g/mol. The molecule has 0 bridgehead atoms. The second kappa shape index (κ2) is 5.74. The van der Waals surface area contributed by atoms with E-state index in [4.69, 9.17) is 5.73 Å². The molecule has 104 valence electrons. The molecule has 1 aliphatic rings. The van der Waals surface area contributed by atoms with Crippen LogP contribution in [-0.2, 0) is 12.8 Å². The first kappa shape index (κ1) is 14.1. The summed E-state index contributed by atoms with van der Waals surface area (Å²) in [5.74, 6) is 0.0351. The average Bonchev–Trinajstić information content (AvgIpc) is 2.93. The SMILES string of the molecule is CCC(CC)(CN)NC(=O)c1cccc2c1CCC2. The van der Waals surface area contributed by atoms with Gasteiger partial charge in [-0.25, -0.2) is 0 Å². The summed E-state index contributed by atoms with van der Waals surface area (Å²) in [6, 6.07) is 6.06. The van der Waals surface area contributed by atoms with Gasteiger partial charge in [-0.3, -0.25) is 4.79 Å². The summed E-state index contributed by atoms with van der Waals surface area (Å²) in [4.78, 5) is 12.5. The van der Waals surface area contributed by atoms with E-state index in [1.807, 2.05) is 12.1 Å². The molecule has 0 spiro atoms. The molecule has 0 radical (unpaired) electrons. The summed E-state index contributed by atoms with van der Waals surface area (Å²) in [6.07, 6.45) is 5.00. The van der Waals surface area contributed by atoms with Crippen LogP contribution in [0.1, 0.15) is 54.6 Å². The number of rotatable bonds is 5. The highest BCUT2D eigenvalue weighted by Crippen LogP contribution is 2.26. The van der Waals surface area contributed by atoms with Gasteiger partial charge in [-0.2, -0.15) is 0 Å². The summed E-state index contributed by atoms with van der Waals surface area (Å²) < 4.78 is 0. The van der Waals surface area contributed by atoms with Gasteiger partial charge in [0.15, 0.2) is 0 Å². The Morgan fingerprint density at radius 2 is 2.05 bits per heavy atom. The van der Waals surface area contributed by atoms with Crippen molar-refractivity contribution in [2.24, 2.45) is 5.73 Å². The monoisotopic (exact) mass is 260 g/mol. The van der Waals surface area contributed by atoms with Gasteiger partial charge in [0.1, 0.15) is 0 Å². The average molecular weight is 260 g/mol. The van der Waals surface area contributed by atoms with Gasteiger partial charge < -0.3 is 11.1 Å². The number of nitrogens with one attached hydrogen (secondary N) is 1. The van der Waals surface area contributed by atoms with Gasteiger partial charge in [-0.15, -0.1) is 0 Å². The van der Waals surface area contributed by atoms with E-state index in [9.17, 15) is 4.79 Å². The predicted molar refractivity (Wildman–Crippen MR) is 78.3 cm³/mol. The number of benzene rings is 1. The molecule has 0 aliphatic heterocycles. The van der Waals surface area contributed by atoms with Crippen LogP contribution in [0.3, 0.4) is 0 Å². The molecular formula is C16H24N2O. The fourth-order valence-corrected chi connectivity index (χ4v) is 2.91. The van der Waals surface area contributed by atoms with Crippen molar-refractivity contribution in [3.05, 3.63) is 34.9 Å². The van der Waals surface area contributed by atoms with Crippen molar-refractivity contribution in [2.45, 2.75) is 51.5 Å². The largest absolute Gasteiger partial charge is 0.345 e. The Bertz CT molecular complexity index is 456. The van der Waals surface area contributed by atoms with Crippen LogP contribution in [0.5, 0.6) is 0 Å². The molecule has 1 aromatic carbocycles. The van der Waals surface area contributed by atoms with Gasteiger partial charge in [-0.05, 0) is 49.3 Å². The summed E-state index contributed by atoms with van der Waals surface area (Å²) in [7, 11) is 0. The molecule has 3 heteroatoms. The lowest BCUT2D eigenvalue weighted by molar-refractivity contribution is 0.0894. The predicted octanol–water partition coefficient (Wildman–Crippen LogP) is 2.42. The van der Waals surface area contributed by atoms with Crippen molar-refractivity contribution in [2.75, 3.05) is 6.54 Å². The van der Waals surface area contributed by atoms with Crippen molar-refractivity contribution < 1.29 is 4.79 Å². The van der Waals surface area contributed by atoms with Crippen LogP contribution in [0.4, 0.5) is 0 Å².